The summed E-state index contributed by atoms with van der Waals surface area (Å²) in [6.45, 7) is 6.79. The molecular formula is C21H24N4O2S. The zero-order valence-electron chi connectivity index (χ0n) is 16.3. The number of esters is 1. The van der Waals surface area contributed by atoms with E-state index in [2.05, 4.69) is 34.6 Å². The standard InChI is InChI=1S/C21H24N4O2S/c1-4-27-20(26)14-28-21-24-23-19(13-22-17-9-5-15(2)6-10-17)25(21)18-11-7-16(3)8-12-18/h5-12,22H,4,13-14H2,1-3H3. The summed E-state index contributed by atoms with van der Waals surface area (Å²) in [5, 5.41) is 12.7. The lowest BCUT2D eigenvalue weighted by Gasteiger charge is -2.12. The van der Waals surface area contributed by atoms with Crippen LogP contribution >= 0.6 is 11.8 Å². The van der Waals surface area contributed by atoms with E-state index in [9.17, 15) is 4.79 Å². The monoisotopic (exact) mass is 396 g/mol. The minimum atomic E-state index is -0.259. The van der Waals surface area contributed by atoms with Crippen LogP contribution in [0.25, 0.3) is 5.69 Å². The molecule has 28 heavy (non-hydrogen) atoms. The molecule has 1 aromatic heterocycles. The molecule has 6 nitrogen and oxygen atoms in total. The third-order valence-electron chi connectivity index (χ3n) is 4.12. The summed E-state index contributed by atoms with van der Waals surface area (Å²) < 4.78 is 6.99. The first-order valence-corrected chi connectivity index (χ1v) is 10.2. The molecule has 0 saturated heterocycles. The van der Waals surface area contributed by atoms with Crippen LogP contribution in [-0.2, 0) is 16.1 Å². The Hall–Kier alpha value is -2.80. The van der Waals surface area contributed by atoms with E-state index in [0.29, 0.717) is 18.3 Å². The number of hydrogen-bond acceptors (Lipinski definition) is 6. The van der Waals surface area contributed by atoms with E-state index in [1.807, 2.05) is 47.9 Å². The summed E-state index contributed by atoms with van der Waals surface area (Å²) in [4.78, 5) is 11.7. The second-order valence-corrected chi connectivity index (χ2v) is 7.33. The minimum Gasteiger partial charge on any atom is -0.465 e. The molecule has 3 aromatic rings. The highest BCUT2D eigenvalue weighted by Gasteiger charge is 2.16. The van der Waals surface area contributed by atoms with Gasteiger partial charge in [0.15, 0.2) is 11.0 Å². The van der Waals surface area contributed by atoms with Gasteiger partial charge in [0.2, 0.25) is 0 Å². The highest BCUT2D eigenvalue weighted by Crippen LogP contribution is 2.23. The van der Waals surface area contributed by atoms with E-state index < -0.39 is 0 Å². The second kappa shape index (κ2) is 9.41. The van der Waals surface area contributed by atoms with Crippen molar-refractivity contribution in [3.63, 3.8) is 0 Å². The molecule has 0 spiro atoms. The Balaban J connectivity index is 1.83. The van der Waals surface area contributed by atoms with Crippen LogP contribution in [0.3, 0.4) is 0 Å². The van der Waals surface area contributed by atoms with Crippen molar-refractivity contribution in [1.29, 1.82) is 0 Å². The van der Waals surface area contributed by atoms with Crippen molar-refractivity contribution in [3.8, 4) is 5.69 Å². The minimum absolute atomic E-state index is 0.198. The lowest BCUT2D eigenvalue weighted by Crippen LogP contribution is -2.10. The van der Waals surface area contributed by atoms with E-state index >= 15 is 0 Å². The number of nitrogens with one attached hydrogen (secondary N) is 1. The number of carbonyl (C=O) groups excluding carboxylic acids is 1. The molecule has 0 atom stereocenters. The Morgan fingerprint density at radius 2 is 1.68 bits per heavy atom. The molecule has 146 valence electrons. The first-order valence-electron chi connectivity index (χ1n) is 9.17. The number of aromatic nitrogens is 3. The van der Waals surface area contributed by atoms with Crippen LogP contribution in [0.1, 0.15) is 23.9 Å². The molecule has 0 bridgehead atoms. The number of anilines is 1. The number of carbonyl (C=O) groups is 1. The van der Waals surface area contributed by atoms with Crippen LogP contribution in [0.15, 0.2) is 53.7 Å². The fourth-order valence-corrected chi connectivity index (χ4v) is 3.41. The Bertz CT molecular complexity index is 921. The van der Waals surface area contributed by atoms with Gasteiger partial charge in [-0.05, 0) is 45.0 Å². The van der Waals surface area contributed by atoms with E-state index in [1.165, 1.54) is 22.9 Å². The van der Waals surface area contributed by atoms with Crippen molar-refractivity contribution in [2.45, 2.75) is 32.5 Å². The van der Waals surface area contributed by atoms with Crippen LogP contribution in [0, 0.1) is 13.8 Å². The number of thioether (sulfide) groups is 1. The summed E-state index contributed by atoms with van der Waals surface area (Å²) in [5.41, 5.74) is 4.37. The zero-order chi connectivity index (χ0) is 19.9. The third-order valence-corrected chi connectivity index (χ3v) is 5.02. The normalized spacial score (nSPS) is 10.7. The van der Waals surface area contributed by atoms with E-state index in [0.717, 1.165) is 17.2 Å². The lowest BCUT2D eigenvalue weighted by atomic mass is 10.2. The average molecular weight is 397 g/mol. The number of ether oxygens (including phenoxy) is 1. The predicted octanol–water partition coefficient (Wildman–Crippen LogP) is 4.15. The fraction of sp³-hybridized carbons (Fsp3) is 0.286. The molecule has 0 fully saturated rings. The third kappa shape index (κ3) is 5.13. The van der Waals surface area contributed by atoms with E-state index in [-0.39, 0.29) is 11.7 Å². The fourth-order valence-electron chi connectivity index (χ4n) is 2.64. The van der Waals surface area contributed by atoms with Crippen LogP contribution < -0.4 is 5.32 Å². The molecule has 1 N–H and O–H groups in total. The molecule has 0 saturated carbocycles. The maximum Gasteiger partial charge on any atom is 0.316 e. The molecule has 3 rings (SSSR count). The smallest absolute Gasteiger partial charge is 0.316 e. The Labute approximate surface area is 169 Å². The maximum absolute atomic E-state index is 11.7. The van der Waals surface area contributed by atoms with Gasteiger partial charge in [-0.15, -0.1) is 10.2 Å². The second-order valence-electron chi connectivity index (χ2n) is 6.38. The summed E-state index contributed by atoms with van der Waals surface area (Å²) >= 11 is 1.33. The first kappa shape index (κ1) is 19.9. The molecule has 2 aromatic carbocycles. The number of benzene rings is 2. The number of aryl methyl sites for hydroxylation is 2. The topological polar surface area (TPSA) is 69.0 Å². The average Bonchev–Trinajstić information content (AvgIpc) is 3.10. The van der Waals surface area contributed by atoms with Gasteiger partial charge in [0, 0.05) is 11.4 Å². The molecule has 1 heterocycles. The Morgan fingerprint density at radius 1 is 1.04 bits per heavy atom. The van der Waals surface area contributed by atoms with Gasteiger partial charge >= 0.3 is 5.97 Å². The van der Waals surface area contributed by atoms with Gasteiger partial charge in [-0.25, -0.2) is 0 Å². The molecule has 0 amide bonds. The van der Waals surface area contributed by atoms with Gasteiger partial charge in [0.1, 0.15) is 0 Å². The molecule has 0 aliphatic heterocycles. The highest BCUT2D eigenvalue weighted by atomic mass is 32.2. The largest absolute Gasteiger partial charge is 0.465 e. The number of rotatable bonds is 8. The molecular weight excluding hydrogens is 372 g/mol. The summed E-state index contributed by atoms with van der Waals surface area (Å²) in [6, 6.07) is 16.4. The summed E-state index contributed by atoms with van der Waals surface area (Å²) in [7, 11) is 0. The lowest BCUT2D eigenvalue weighted by molar-refractivity contribution is -0.139. The molecule has 0 unspecified atom stereocenters. The maximum atomic E-state index is 11.7. The SMILES string of the molecule is CCOC(=O)CSc1nnc(CNc2ccc(C)cc2)n1-c1ccc(C)cc1. The van der Waals surface area contributed by atoms with Crippen molar-refractivity contribution in [2.24, 2.45) is 0 Å². The van der Waals surface area contributed by atoms with Crippen LogP contribution in [0.2, 0.25) is 0 Å². The van der Waals surface area contributed by atoms with Crippen LogP contribution in [-0.4, -0.2) is 33.1 Å². The molecule has 0 aliphatic carbocycles. The van der Waals surface area contributed by atoms with Gasteiger partial charge in [-0.3, -0.25) is 9.36 Å². The molecule has 7 heteroatoms. The Morgan fingerprint density at radius 3 is 2.32 bits per heavy atom. The van der Waals surface area contributed by atoms with Gasteiger partial charge in [-0.1, -0.05) is 47.2 Å². The predicted molar refractivity (Wildman–Crippen MR) is 112 cm³/mol. The van der Waals surface area contributed by atoms with Crippen molar-refractivity contribution >= 4 is 23.4 Å². The van der Waals surface area contributed by atoms with Crippen LogP contribution in [0.4, 0.5) is 5.69 Å². The van der Waals surface area contributed by atoms with Crippen molar-refractivity contribution in [2.75, 3.05) is 17.7 Å². The highest BCUT2D eigenvalue weighted by molar-refractivity contribution is 7.99. The van der Waals surface area contributed by atoms with Gasteiger partial charge in [-0.2, -0.15) is 0 Å². The van der Waals surface area contributed by atoms with E-state index in [1.54, 1.807) is 6.92 Å². The first-order chi connectivity index (χ1) is 13.6. The zero-order valence-corrected chi connectivity index (χ0v) is 17.1. The van der Waals surface area contributed by atoms with Crippen molar-refractivity contribution < 1.29 is 9.53 Å². The van der Waals surface area contributed by atoms with Gasteiger partial charge in [0.25, 0.3) is 0 Å². The van der Waals surface area contributed by atoms with Crippen molar-refractivity contribution in [1.82, 2.24) is 14.8 Å². The summed E-state index contributed by atoms with van der Waals surface area (Å²) in [6.07, 6.45) is 0. The van der Waals surface area contributed by atoms with E-state index in [4.69, 9.17) is 4.74 Å². The Kier molecular flexibility index (Phi) is 6.71. The summed E-state index contributed by atoms with van der Waals surface area (Å²) in [5.74, 6) is 0.713. The molecule has 0 aliphatic rings. The number of hydrogen-bond donors (Lipinski definition) is 1. The van der Waals surface area contributed by atoms with Crippen LogP contribution in [0.5, 0.6) is 0 Å². The number of nitrogens with zero attached hydrogens (tertiary/aromatic N) is 3. The van der Waals surface area contributed by atoms with Gasteiger partial charge < -0.3 is 10.1 Å². The van der Waals surface area contributed by atoms with Crippen molar-refractivity contribution in [3.05, 3.63) is 65.5 Å². The quantitative estimate of drug-likeness (QED) is 0.456. The van der Waals surface area contributed by atoms with Gasteiger partial charge in [0.05, 0.1) is 18.9 Å². The molecule has 0 radical (unpaired) electrons.